The first-order valence-corrected chi connectivity index (χ1v) is 9.59. The van der Waals surface area contributed by atoms with E-state index >= 15 is 0 Å². The van der Waals surface area contributed by atoms with Gasteiger partial charge in [-0.25, -0.2) is 0 Å². The van der Waals surface area contributed by atoms with Crippen LogP contribution in [-0.2, 0) is 22.5 Å². The van der Waals surface area contributed by atoms with Crippen LogP contribution in [0.25, 0.3) is 10.2 Å². The molecular weight excluding hydrogens is 368 g/mol. The molecule has 4 nitrogen and oxygen atoms in total. The summed E-state index contributed by atoms with van der Waals surface area (Å²) >= 11 is 7.43. The third-order valence-electron chi connectivity index (χ3n) is 4.31. The van der Waals surface area contributed by atoms with E-state index in [1.165, 1.54) is 22.5 Å². The standard InChI is InChI=1S/C20H21ClN2O2S/c1-13-10-17-18(11-14(13)2)26-20(23(17)8-9-25-3)22-19(24)12-15-4-6-16(21)7-5-15/h4-7,10-11H,8-9,12H2,1-3H3. The van der Waals surface area contributed by atoms with Crippen molar-refractivity contribution in [3.63, 3.8) is 0 Å². The fourth-order valence-corrected chi connectivity index (χ4v) is 4.01. The smallest absolute Gasteiger partial charge is 0.252 e. The molecule has 0 bridgehead atoms. The normalized spacial score (nSPS) is 12.1. The van der Waals surface area contributed by atoms with Crippen LogP contribution in [0.4, 0.5) is 0 Å². The average Bonchev–Trinajstić information content (AvgIpc) is 2.91. The van der Waals surface area contributed by atoms with E-state index in [2.05, 4.69) is 35.5 Å². The number of benzene rings is 2. The van der Waals surface area contributed by atoms with Crippen LogP contribution in [0.2, 0.25) is 5.02 Å². The lowest BCUT2D eigenvalue weighted by molar-refractivity contribution is -0.117. The van der Waals surface area contributed by atoms with Crippen molar-refractivity contribution < 1.29 is 9.53 Å². The molecule has 0 aliphatic carbocycles. The van der Waals surface area contributed by atoms with Gasteiger partial charge in [-0.2, -0.15) is 4.99 Å². The third kappa shape index (κ3) is 4.23. The highest BCUT2D eigenvalue weighted by molar-refractivity contribution is 7.16. The lowest BCUT2D eigenvalue weighted by Gasteiger charge is -2.06. The maximum Gasteiger partial charge on any atom is 0.252 e. The third-order valence-corrected chi connectivity index (χ3v) is 5.60. The van der Waals surface area contributed by atoms with Crippen LogP contribution in [0, 0.1) is 13.8 Å². The van der Waals surface area contributed by atoms with Gasteiger partial charge in [0.05, 0.1) is 23.2 Å². The average molecular weight is 389 g/mol. The van der Waals surface area contributed by atoms with Crippen LogP contribution in [0.1, 0.15) is 16.7 Å². The van der Waals surface area contributed by atoms with Gasteiger partial charge in [0, 0.05) is 18.7 Å². The molecule has 0 N–H and O–H groups in total. The van der Waals surface area contributed by atoms with Gasteiger partial charge in [0.15, 0.2) is 4.80 Å². The van der Waals surface area contributed by atoms with E-state index in [4.69, 9.17) is 16.3 Å². The second-order valence-corrected chi connectivity index (χ2v) is 7.69. The maximum absolute atomic E-state index is 12.5. The van der Waals surface area contributed by atoms with E-state index in [1.54, 1.807) is 19.2 Å². The molecule has 1 aromatic heterocycles. The molecule has 0 saturated carbocycles. The molecule has 0 aliphatic rings. The quantitative estimate of drug-likeness (QED) is 0.654. The van der Waals surface area contributed by atoms with Gasteiger partial charge in [-0.15, -0.1) is 0 Å². The van der Waals surface area contributed by atoms with Crippen molar-refractivity contribution in [1.29, 1.82) is 0 Å². The maximum atomic E-state index is 12.5. The molecule has 0 saturated heterocycles. The Morgan fingerprint density at radius 1 is 1.19 bits per heavy atom. The fourth-order valence-electron chi connectivity index (χ4n) is 2.73. The number of fused-ring (bicyclic) bond motifs is 1. The number of amides is 1. The fraction of sp³-hybridized carbons (Fsp3) is 0.300. The predicted octanol–water partition coefficient (Wildman–Crippen LogP) is 4.29. The van der Waals surface area contributed by atoms with E-state index in [1.807, 2.05) is 12.1 Å². The summed E-state index contributed by atoms with van der Waals surface area (Å²) in [6, 6.07) is 11.6. The highest BCUT2D eigenvalue weighted by Gasteiger charge is 2.10. The van der Waals surface area contributed by atoms with Crippen LogP contribution in [0.15, 0.2) is 41.4 Å². The molecule has 0 radical (unpaired) electrons. The second kappa shape index (κ2) is 8.16. The van der Waals surface area contributed by atoms with Gasteiger partial charge in [0.1, 0.15) is 0 Å². The zero-order valence-corrected chi connectivity index (χ0v) is 16.7. The summed E-state index contributed by atoms with van der Waals surface area (Å²) in [6.07, 6.45) is 0.258. The van der Waals surface area contributed by atoms with E-state index in [0.29, 0.717) is 23.0 Å². The lowest BCUT2D eigenvalue weighted by Crippen LogP contribution is -2.19. The highest BCUT2D eigenvalue weighted by atomic mass is 35.5. The number of rotatable bonds is 5. The van der Waals surface area contributed by atoms with Gasteiger partial charge in [-0.1, -0.05) is 35.1 Å². The van der Waals surface area contributed by atoms with E-state index in [9.17, 15) is 4.79 Å². The number of nitrogens with zero attached hydrogens (tertiary/aromatic N) is 2. The number of aromatic nitrogens is 1. The van der Waals surface area contributed by atoms with E-state index in [-0.39, 0.29) is 12.3 Å². The molecule has 3 rings (SSSR count). The van der Waals surface area contributed by atoms with Crippen molar-refractivity contribution in [1.82, 2.24) is 4.57 Å². The Balaban J connectivity index is 1.99. The monoisotopic (exact) mass is 388 g/mol. The zero-order valence-electron chi connectivity index (χ0n) is 15.1. The van der Waals surface area contributed by atoms with Crippen LogP contribution in [0.3, 0.4) is 0 Å². The first kappa shape index (κ1) is 18.8. The molecule has 0 spiro atoms. The molecule has 0 fully saturated rings. The van der Waals surface area contributed by atoms with Crippen LogP contribution in [-0.4, -0.2) is 24.2 Å². The molecule has 2 aromatic carbocycles. The Hall–Kier alpha value is -1.95. The number of methoxy groups -OCH3 is 1. The number of carbonyl (C=O) groups excluding carboxylic acids is 1. The summed E-state index contributed by atoms with van der Waals surface area (Å²) in [5, 5.41) is 0.658. The number of ether oxygens (including phenoxy) is 1. The summed E-state index contributed by atoms with van der Waals surface area (Å²) in [4.78, 5) is 17.6. The summed E-state index contributed by atoms with van der Waals surface area (Å²) in [5.74, 6) is -0.168. The topological polar surface area (TPSA) is 43.6 Å². The van der Waals surface area contributed by atoms with Gasteiger partial charge < -0.3 is 9.30 Å². The van der Waals surface area contributed by atoms with E-state index < -0.39 is 0 Å². The molecule has 1 heterocycles. The Kier molecular flexibility index (Phi) is 5.91. The van der Waals surface area contributed by atoms with Gasteiger partial charge >= 0.3 is 0 Å². The Morgan fingerprint density at radius 3 is 2.58 bits per heavy atom. The molecule has 1 amide bonds. The van der Waals surface area contributed by atoms with Crippen molar-refractivity contribution in [2.45, 2.75) is 26.8 Å². The number of hydrogen-bond donors (Lipinski definition) is 0. The first-order valence-electron chi connectivity index (χ1n) is 8.39. The number of thiazole rings is 1. The molecule has 3 aromatic rings. The van der Waals surface area contributed by atoms with Gasteiger partial charge in [-0.3, -0.25) is 4.79 Å². The van der Waals surface area contributed by atoms with Crippen LogP contribution < -0.4 is 4.80 Å². The van der Waals surface area contributed by atoms with Crippen LogP contribution in [0.5, 0.6) is 0 Å². The minimum absolute atomic E-state index is 0.168. The molecular formula is C20H21ClN2O2S. The Morgan fingerprint density at radius 2 is 1.88 bits per heavy atom. The van der Waals surface area contributed by atoms with Gasteiger partial charge in [-0.05, 0) is 54.8 Å². The summed E-state index contributed by atoms with van der Waals surface area (Å²) in [6.45, 7) is 5.41. The largest absolute Gasteiger partial charge is 0.383 e. The molecule has 0 unspecified atom stereocenters. The zero-order chi connectivity index (χ0) is 18.7. The minimum Gasteiger partial charge on any atom is -0.383 e. The lowest BCUT2D eigenvalue weighted by atomic mass is 10.1. The molecule has 136 valence electrons. The van der Waals surface area contributed by atoms with Crippen molar-refractivity contribution in [3.05, 3.63) is 62.9 Å². The number of halogens is 1. The first-order chi connectivity index (χ1) is 12.5. The summed E-state index contributed by atoms with van der Waals surface area (Å²) in [7, 11) is 1.67. The Labute approximate surface area is 161 Å². The van der Waals surface area contributed by atoms with E-state index in [0.717, 1.165) is 15.8 Å². The summed E-state index contributed by atoms with van der Waals surface area (Å²) < 4.78 is 8.42. The highest BCUT2D eigenvalue weighted by Crippen LogP contribution is 2.22. The molecule has 0 aliphatic heterocycles. The Bertz CT molecular complexity index is 1000. The second-order valence-electron chi connectivity index (χ2n) is 6.24. The number of aryl methyl sites for hydroxylation is 2. The SMILES string of the molecule is COCCn1c(=NC(=O)Cc2ccc(Cl)cc2)sc2cc(C)c(C)cc21. The summed E-state index contributed by atoms with van der Waals surface area (Å²) in [5.41, 5.74) is 4.45. The van der Waals surface area contributed by atoms with Crippen molar-refractivity contribution in [3.8, 4) is 0 Å². The van der Waals surface area contributed by atoms with Crippen molar-refractivity contribution in [2.24, 2.45) is 4.99 Å². The molecule has 0 atom stereocenters. The number of hydrogen-bond acceptors (Lipinski definition) is 3. The minimum atomic E-state index is -0.168. The van der Waals surface area contributed by atoms with Gasteiger partial charge in [0.25, 0.3) is 5.91 Å². The molecule has 26 heavy (non-hydrogen) atoms. The van der Waals surface area contributed by atoms with Crippen molar-refractivity contribution >= 4 is 39.1 Å². The van der Waals surface area contributed by atoms with Crippen molar-refractivity contribution in [2.75, 3.05) is 13.7 Å². The molecule has 6 heteroatoms. The predicted molar refractivity (Wildman–Crippen MR) is 107 cm³/mol. The number of carbonyl (C=O) groups is 1. The van der Waals surface area contributed by atoms with Crippen LogP contribution >= 0.6 is 22.9 Å². The van der Waals surface area contributed by atoms with Gasteiger partial charge in [0.2, 0.25) is 0 Å².